The molecule has 2 heterocycles. The fourth-order valence-corrected chi connectivity index (χ4v) is 9.48. The molecule has 0 bridgehead atoms. The van der Waals surface area contributed by atoms with Gasteiger partial charge in [-0.2, -0.15) is 0 Å². The summed E-state index contributed by atoms with van der Waals surface area (Å²) in [6, 6.07) is 0. The largest absolute Gasteiger partial charge is 0.394 e. The zero-order chi connectivity index (χ0) is 30.2. The summed E-state index contributed by atoms with van der Waals surface area (Å²) in [5.74, 6) is -0.484. The lowest BCUT2D eigenvalue weighted by molar-refractivity contribution is -0.300. The predicted molar refractivity (Wildman–Crippen MR) is 145 cm³/mol. The molecule has 5 fully saturated rings. The molecule has 0 aromatic heterocycles. The maximum Gasteiger partial charge on any atom is 0.193 e. The zero-order valence-corrected chi connectivity index (χ0v) is 24.4. The van der Waals surface area contributed by atoms with Gasteiger partial charge in [-0.15, -0.1) is 0 Å². The lowest BCUT2D eigenvalue weighted by Gasteiger charge is -2.59. The first-order valence-electron chi connectivity index (χ1n) is 15.3. The fourth-order valence-electron chi connectivity index (χ4n) is 9.48. The highest BCUT2D eigenvalue weighted by Gasteiger charge is 2.75. The number of fused-ring (bicyclic) bond motifs is 7. The minimum atomic E-state index is -1.64. The van der Waals surface area contributed by atoms with Crippen molar-refractivity contribution in [1.82, 2.24) is 0 Å². The van der Waals surface area contributed by atoms with E-state index in [-0.39, 0.29) is 23.5 Å². The predicted octanol–water partition coefficient (Wildman–Crippen LogP) is 0.541. The molecule has 11 heteroatoms. The van der Waals surface area contributed by atoms with Gasteiger partial charge in [-0.25, -0.2) is 0 Å². The smallest absolute Gasteiger partial charge is 0.193 e. The van der Waals surface area contributed by atoms with E-state index in [1.54, 1.807) is 12.2 Å². The quantitative estimate of drug-likeness (QED) is 0.279. The molecule has 0 aromatic rings. The minimum Gasteiger partial charge on any atom is -0.394 e. The Morgan fingerprint density at radius 3 is 2.60 bits per heavy atom. The van der Waals surface area contributed by atoms with E-state index in [1.165, 1.54) is 0 Å². The molecule has 5 N–H and O–H groups in total. The Morgan fingerprint density at radius 1 is 1.12 bits per heavy atom. The number of aliphatic hydroxyl groups is 5. The molecule has 1 unspecified atom stereocenters. The van der Waals surface area contributed by atoms with Crippen LogP contribution >= 0.6 is 0 Å². The van der Waals surface area contributed by atoms with Crippen LogP contribution in [0.25, 0.3) is 0 Å². The van der Waals surface area contributed by atoms with E-state index >= 15 is 0 Å². The van der Waals surface area contributed by atoms with Gasteiger partial charge < -0.3 is 44.5 Å². The first-order valence-corrected chi connectivity index (χ1v) is 15.3. The average Bonchev–Trinajstić information content (AvgIpc) is 3.43. The summed E-state index contributed by atoms with van der Waals surface area (Å²) in [5, 5.41) is 52.1. The van der Waals surface area contributed by atoms with Gasteiger partial charge in [-0.3, -0.25) is 9.59 Å². The maximum absolute atomic E-state index is 14.3. The van der Waals surface area contributed by atoms with Crippen molar-refractivity contribution in [2.24, 2.45) is 28.6 Å². The second-order valence-electron chi connectivity index (χ2n) is 13.6. The highest BCUT2D eigenvalue weighted by molar-refractivity contribution is 6.01. The number of carbonyl (C=O) groups is 2. The number of hydrogen-bond donors (Lipinski definition) is 5. The molecule has 0 radical (unpaired) electrons. The van der Waals surface area contributed by atoms with Gasteiger partial charge in [0.05, 0.1) is 18.8 Å². The molecule has 6 rings (SSSR count). The Morgan fingerprint density at radius 2 is 1.88 bits per heavy atom. The molecule has 3 saturated carbocycles. The van der Waals surface area contributed by atoms with Gasteiger partial charge in [-0.05, 0) is 56.1 Å². The Bertz CT molecular complexity index is 1150. The lowest BCUT2D eigenvalue weighted by Crippen LogP contribution is -2.64. The van der Waals surface area contributed by atoms with E-state index in [2.05, 4.69) is 6.92 Å². The van der Waals surface area contributed by atoms with Gasteiger partial charge in [0.1, 0.15) is 31.0 Å². The number of ether oxygens (including phenoxy) is 4. The molecule has 0 spiro atoms. The molecule has 0 amide bonds. The number of allylic oxidation sites excluding steroid dienone is 4. The lowest BCUT2D eigenvalue weighted by atomic mass is 9.46. The van der Waals surface area contributed by atoms with Crippen molar-refractivity contribution >= 4 is 11.6 Å². The molecule has 4 aliphatic carbocycles. The number of rotatable bonds is 7. The van der Waals surface area contributed by atoms with E-state index in [1.807, 2.05) is 19.9 Å². The van der Waals surface area contributed by atoms with Crippen LogP contribution in [0, 0.1) is 28.6 Å². The second kappa shape index (κ2) is 10.8. The number of carbonyl (C=O) groups excluding carboxylic acids is 2. The van der Waals surface area contributed by atoms with Crippen LogP contribution in [0.1, 0.15) is 59.3 Å². The maximum atomic E-state index is 14.3. The molecular weight excluding hydrogens is 548 g/mol. The molecule has 234 valence electrons. The van der Waals surface area contributed by atoms with E-state index in [0.29, 0.717) is 19.3 Å². The monoisotopic (exact) mass is 592 g/mol. The number of hydrogen-bond acceptors (Lipinski definition) is 11. The average molecular weight is 593 g/mol. The first-order chi connectivity index (χ1) is 19.9. The Kier molecular flexibility index (Phi) is 7.85. The molecule has 11 nitrogen and oxygen atoms in total. The van der Waals surface area contributed by atoms with Crippen molar-refractivity contribution in [3.8, 4) is 0 Å². The van der Waals surface area contributed by atoms with Gasteiger partial charge in [0.15, 0.2) is 29.7 Å². The minimum absolute atomic E-state index is 0.000843. The number of aliphatic hydroxyl groups excluding tert-OH is 5. The van der Waals surface area contributed by atoms with Crippen LogP contribution in [0.15, 0.2) is 23.8 Å². The molecule has 42 heavy (non-hydrogen) atoms. The second-order valence-corrected chi connectivity index (χ2v) is 13.6. The van der Waals surface area contributed by atoms with Crippen molar-refractivity contribution in [2.75, 3.05) is 13.2 Å². The van der Waals surface area contributed by atoms with Gasteiger partial charge in [0, 0.05) is 16.7 Å². The molecule has 6 aliphatic rings. The number of ketones is 2. The third-order valence-corrected chi connectivity index (χ3v) is 11.5. The van der Waals surface area contributed by atoms with Gasteiger partial charge in [0.2, 0.25) is 0 Å². The topological polar surface area (TPSA) is 172 Å². The summed E-state index contributed by atoms with van der Waals surface area (Å²) in [6.45, 7) is 4.98. The molecule has 2 saturated heterocycles. The van der Waals surface area contributed by atoms with Crippen molar-refractivity contribution in [3.63, 3.8) is 0 Å². The van der Waals surface area contributed by atoms with Crippen LogP contribution in [-0.2, 0) is 28.5 Å². The summed E-state index contributed by atoms with van der Waals surface area (Å²) in [5.41, 5.74) is -1.60. The van der Waals surface area contributed by atoms with Gasteiger partial charge >= 0.3 is 0 Å². The SMILES string of the molecule is CCCC1O[C@@H]2C[C@H]3[C@@H]4CCC5=CC(=O)C=C[C@]5(C)[C@H]4[C@@H](O)C[C@]3(C)[C@]2(C(=O)CO[C@@H]2O[C@H](CO)[C@@H](O)[C@H](O)[C@H]2O)O1. The number of Topliss-reactive ketones (excluding diaryl/α,β-unsaturated/α-hetero) is 1. The van der Waals surface area contributed by atoms with Crippen molar-refractivity contribution in [1.29, 1.82) is 0 Å². The standard InChI is InChI=1S/C31H44O11/c1-4-5-23-41-22-11-18-17-7-6-15-10-16(33)8-9-29(15,2)24(17)19(34)12-30(18,3)31(22,42-23)21(35)14-39-28-27(38)26(37)25(36)20(13-32)40-28/h8-10,17-20,22-28,32,34,36-38H,4-7,11-14H2,1-3H3/t17-,18-,19-,20+,22+,23?,24+,25+,26-,27+,28+,29-,30-,31+/m0/s1. The summed E-state index contributed by atoms with van der Waals surface area (Å²) in [6.07, 6.45) is -0.302. The third kappa shape index (κ3) is 4.27. The first kappa shape index (κ1) is 30.5. The van der Waals surface area contributed by atoms with Crippen LogP contribution in [0.2, 0.25) is 0 Å². The normalized spacial score (nSPS) is 51.4. The van der Waals surface area contributed by atoms with E-state index in [0.717, 1.165) is 24.8 Å². The van der Waals surface area contributed by atoms with Crippen molar-refractivity contribution in [3.05, 3.63) is 23.8 Å². The van der Waals surface area contributed by atoms with Crippen molar-refractivity contribution < 1.29 is 54.1 Å². The Hall–Kier alpha value is -1.54. The van der Waals surface area contributed by atoms with Gasteiger partial charge in [0.25, 0.3) is 0 Å². The highest BCUT2D eigenvalue weighted by Crippen LogP contribution is 2.69. The molecule has 14 atom stereocenters. The molecular formula is C31H44O11. The summed E-state index contributed by atoms with van der Waals surface area (Å²) in [7, 11) is 0. The zero-order valence-electron chi connectivity index (χ0n) is 24.4. The van der Waals surface area contributed by atoms with E-state index in [4.69, 9.17) is 18.9 Å². The summed E-state index contributed by atoms with van der Waals surface area (Å²) < 4.78 is 24.2. The fraction of sp³-hybridized carbons (Fsp3) is 0.806. The molecule has 0 aromatic carbocycles. The summed E-state index contributed by atoms with van der Waals surface area (Å²) in [4.78, 5) is 26.5. The van der Waals surface area contributed by atoms with Gasteiger partial charge in [-0.1, -0.05) is 38.8 Å². The van der Waals surface area contributed by atoms with Crippen LogP contribution in [0.5, 0.6) is 0 Å². The van der Waals surface area contributed by atoms with Crippen LogP contribution in [-0.4, -0.2) is 105 Å². The molecule has 2 aliphatic heterocycles. The van der Waals surface area contributed by atoms with Crippen LogP contribution in [0.3, 0.4) is 0 Å². The van der Waals surface area contributed by atoms with Crippen LogP contribution in [0.4, 0.5) is 0 Å². The van der Waals surface area contributed by atoms with Crippen molar-refractivity contribution in [2.45, 2.75) is 114 Å². The summed E-state index contributed by atoms with van der Waals surface area (Å²) >= 11 is 0. The van der Waals surface area contributed by atoms with E-state index in [9.17, 15) is 35.1 Å². The third-order valence-electron chi connectivity index (χ3n) is 11.5. The Labute approximate surface area is 245 Å². The van der Waals surface area contributed by atoms with Crippen LogP contribution < -0.4 is 0 Å². The van der Waals surface area contributed by atoms with E-state index < -0.39 is 84.6 Å². The highest BCUT2D eigenvalue weighted by atomic mass is 16.7. The Balaban J connectivity index is 1.29.